The van der Waals surface area contributed by atoms with Gasteiger partial charge in [0.1, 0.15) is 0 Å². The Morgan fingerprint density at radius 3 is 3.06 bits per heavy atom. The maximum Gasteiger partial charge on any atom is 0.224 e. The normalized spacial score (nSPS) is 21.1. The van der Waals surface area contributed by atoms with Gasteiger partial charge in [0, 0.05) is 26.2 Å². The molecular formula is C12H24N2O2. The first-order chi connectivity index (χ1) is 7.77. The van der Waals surface area contributed by atoms with E-state index in [9.17, 15) is 4.79 Å². The Kier molecular flexibility index (Phi) is 6.42. The van der Waals surface area contributed by atoms with E-state index < -0.39 is 0 Å². The van der Waals surface area contributed by atoms with Gasteiger partial charge in [0.05, 0.1) is 13.0 Å². The SMILES string of the molecule is CCCNC1CCCN(C(=O)CCOC)C1. The van der Waals surface area contributed by atoms with Gasteiger partial charge in [-0.1, -0.05) is 6.92 Å². The molecule has 1 aliphatic rings. The fourth-order valence-electron chi connectivity index (χ4n) is 2.07. The summed E-state index contributed by atoms with van der Waals surface area (Å²) in [6.45, 7) is 5.51. The van der Waals surface area contributed by atoms with E-state index >= 15 is 0 Å². The summed E-state index contributed by atoms with van der Waals surface area (Å²) in [6, 6.07) is 0.486. The van der Waals surface area contributed by atoms with Crippen LogP contribution in [0.25, 0.3) is 0 Å². The van der Waals surface area contributed by atoms with Crippen molar-refractivity contribution in [2.45, 2.75) is 38.6 Å². The van der Waals surface area contributed by atoms with E-state index in [4.69, 9.17) is 4.74 Å². The lowest BCUT2D eigenvalue weighted by Crippen LogP contribution is -2.48. The van der Waals surface area contributed by atoms with Crippen molar-refractivity contribution in [2.24, 2.45) is 0 Å². The van der Waals surface area contributed by atoms with Crippen molar-refractivity contribution in [3.63, 3.8) is 0 Å². The second kappa shape index (κ2) is 7.63. The molecule has 0 saturated carbocycles. The molecule has 0 aromatic heterocycles. The molecule has 4 nitrogen and oxygen atoms in total. The number of likely N-dealkylation sites (tertiary alicyclic amines) is 1. The molecular weight excluding hydrogens is 204 g/mol. The summed E-state index contributed by atoms with van der Waals surface area (Å²) in [6.07, 6.45) is 3.96. The highest BCUT2D eigenvalue weighted by Gasteiger charge is 2.22. The van der Waals surface area contributed by atoms with Gasteiger partial charge in [0.15, 0.2) is 0 Å². The van der Waals surface area contributed by atoms with E-state index in [1.165, 1.54) is 6.42 Å². The zero-order chi connectivity index (χ0) is 11.8. The predicted molar refractivity (Wildman–Crippen MR) is 64.4 cm³/mol. The van der Waals surface area contributed by atoms with E-state index in [2.05, 4.69) is 12.2 Å². The lowest BCUT2D eigenvalue weighted by Gasteiger charge is -2.33. The molecule has 1 N–H and O–H groups in total. The second-order valence-electron chi connectivity index (χ2n) is 4.38. The number of methoxy groups -OCH3 is 1. The monoisotopic (exact) mass is 228 g/mol. The van der Waals surface area contributed by atoms with E-state index in [0.29, 0.717) is 19.1 Å². The van der Waals surface area contributed by atoms with Crippen LogP contribution >= 0.6 is 0 Å². The lowest BCUT2D eigenvalue weighted by atomic mass is 10.1. The van der Waals surface area contributed by atoms with Crippen LogP contribution < -0.4 is 5.32 Å². The Bertz CT molecular complexity index is 209. The molecule has 1 fully saturated rings. The third-order valence-corrected chi connectivity index (χ3v) is 2.98. The zero-order valence-corrected chi connectivity index (χ0v) is 10.5. The van der Waals surface area contributed by atoms with Crippen molar-refractivity contribution in [1.82, 2.24) is 10.2 Å². The third kappa shape index (κ3) is 4.49. The van der Waals surface area contributed by atoms with Gasteiger partial charge < -0.3 is 15.0 Å². The fourth-order valence-corrected chi connectivity index (χ4v) is 2.07. The minimum atomic E-state index is 0.227. The Morgan fingerprint density at radius 2 is 2.38 bits per heavy atom. The van der Waals surface area contributed by atoms with E-state index in [1.807, 2.05) is 4.90 Å². The van der Waals surface area contributed by atoms with Crippen LogP contribution in [0.15, 0.2) is 0 Å². The highest BCUT2D eigenvalue weighted by Crippen LogP contribution is 2.11. The largest absolute Gasteiger partial charge is 0.384 e. The van der Waals surface area contributed by atoms with Crippen molar-refractivity contribution in [3.8, 4) is 0 Å². The molecule has 94 valence electrons. The van der Waals surface area contributed by atoms with Crippen LogP contribution in [0.2, 0.25) is 0 Å². The summed E-state index contributed by atoms with van der Waals surface area (Å²) in [7, 11) is 1.63. The molecule has 0 aromatic rings. The topological polar surface area (TPSA) is 41.6 Å². The Hall–Kier alpha value is -0.610. The molecule has 0 aromatic carbocycles. The number of carbonyl (C=O) groups is 1. The van der Waals surface area contributed by atoms with Crippen molar-refractivity contribution >= 4 is 5.91 Å². The number of piperidine rings is 1. The molecule has 0 aliphatic carbocycles. The Labute approximate surface area is 98.3 Å². The van der Waals surface area contributed by atoms with Crippen molar-refractivity contribution in [1.29, 1.82) is 0 Å². The zero-order valence-electron chi connectivity index (χ0n) is 10.5. The van der Waals surface area contributed by atoms with Crippen LogP contribution in [0.1, 0.15) is 32.6 Å². The maximum absolute atomic E-state index is 11.8. The highest BCUT2D eigenvalue weighted by molar-refractivity contribution is 5.76. The standard InChI is InChI=1S/C12H24N2O2/c1-3-7-13-11-5-4-8-14(10-11)12(15)6-9-16-2/h11,13H,3-10H2,1-2H3. The summed E-state index contributed by atoms with van der Waals surface area (Å²) in [5.74, 6) is 0.227. The van der Waals surface area contributed by atoms with E-state index in [-0.39, 0.29) is 5.91 Å². The number of amides is 1. The molecule has 1 amide bonds. The average molecular weight is 228 g/mol. The van der Waals surface area contributed by atoms with Crippen molar-refractivity contribution in [3.05, 3.63) is 0 Å². The van der Waals surface area contributed by atoms with Crippen LogP contribution in [0, 0.1) is 0 Å². The molecule has 1 atom stereocenters. The first-order valence-electron chi connectivity index (χ1n) is 6.28. The molecule has 1 rings (SSSR count). The summed E-state index contributed by atoms with van der Waals surface area (Å²) in [4.78, 5) is 13.8. The first-order valence-corrected chi connectivity index (χ1v) is 6.28. The van der Waals surface area contributed by atoms with Gasteiger partial charge in [-0.25, -0.2) is 0 Å². The average Bonchev–Trinajstić information content (AvgIpc) is 2.33. The van der Waals surface area contributed by atoms with Crippen LogP contribution in [-0.2, 0) is 9.53 Å². The summed E-state index contributed by atoms with van der Waals surface area (Å²) in [5.41, 5.74) is 0. The predicted octanol–water partition coefficient (Wildman–Crippen LogP) is 1.01. The molecule has 1 unspecified atom stereocenters. The first kappa shape index (κ1) is 13.5. The van der Waals surface area contributed by atoms with E-state index in [1.54, 1.807) is 7.11 Å². The van der Waals surface area contributed by atoms with Crippen molar-refractivity contribution < 1.29 is 9.53 Å². The number of nitrogens with zero attached hydrogens (tertiary/aromatic N) is 1. The fraction of sp³-hybridized carbons (Fsp3) is 0.917. The van der Waals surface area contributed by atoms with Gasteiger partial charge in [0.2, 0.25) is 5.91 Å². The van der Waals surface area contributed by atoms with Crippen molar-refractivity contribution in [2.75, 3.05) is 33.4 Å². The molecule has 1 heterocycles. The third-order valence-electron chi connectivity index (χ3n) is 2.98. The second-order valence-corrected chi connectivity index (χ2v) is 4.38. The number of ether oxygens (including phenoxy) is 1. The van der Waals surface area contributed by atoms with Gasteiger partial charge in [-0.2, -0.15) is 0 Å². The molecule has 0 bridgehead atoms. The van der Waals surface area contributed by atoms with Gasteiger partial charge >= 0.3 is 0 Å². The molecule has 16 heavy (non-hydrogen) atoms. The lowest BCUT2D eigenvalue weighted by molar-refractivity contribution is -0.133. The summed E-state index contributed by atoms with van der Waals surface area (Å²) in [5, 5.41) is 3.49. The Morgan fingerprint density at radius 1 is 1.56 bits per heavy atom. The summed E-state index contributed by atoms with van der Waals surface area (Å²) < 4.78 is 4.93. The van der Waals surface area contributed by atoms with Gasteiger partial charge in [-0.05, 0) is 25.8 Å². The minimum Gasteiger partial charge on any atom is -0.384 e. The van der Waals surface area contributed by atoms with Gasteiger partial charge in [0.25, 0.3) is 0 Å². The number of nitrogens with one attached hydrogen (secondary N) is 1. The minimum absolute atomic E-state index is 0.227. The number of rotatable bonds is 6. The Balaban J connectivity index is 2.28. The molecule has 0 spiro atoms. The van der Waals surface area contributed by atoms with Crippen LogP contribution in [0.4, 0.5) is 0 Å². The van der Waals surface area contributed by atoms with Crippen LogP contribution in [0.3, 0.4) is 0 Å². The number of hydrogen-bond donors (Lipinski definition) is 1. The number of carbonyl (C=O) groups excluding carboxylic acids is 1. The van der Waals surface area contributed by atoms with Crippen LogP contribution in [-0.4, -0.2) is 50.2 Å². The smallest absolute Gasteiger partial charge is 0.224 e. The molecule has 4 heteroatoms. The highest BCUT2D eigenvalue weighted by atomic mass is 16.5. The maximum atomic E-state index is 11.8. The molecule has 0 radical (unpaired) electrons. The van der Waals surface area contributed by atoms with Gasteiger partial charge in [-0.15, -0.1) is 0 Å². The molecule has 1 saturated heterocycles. The molecule has 1 aliphatic heterocycles. The van der Waals surface area contributed by atoms with Gasteiger partial charge in [-0.3, -0.25) is 4.79 Å². The summed E-state index contributed by atoms with van der Waals surface area (Å²) >= 11 is 0. The van der Waals surface area contributed by atoms with E-state index in [0.717, 1.165) is 32.5 Å². The quantitative estimate of drug-likeness (QED) is 0.738. The van der Waals surface area contributed by atoms with Crippen LogP contribution in [0.5, 0.6) is 0 Å². The number of hydrogen-bond acceptors (Lipinski definition) is 3.